The molecule has 3 nitrogen and oxygen atoms in total. The second-order valence-corrected chi connectivity index (χ2v) is 6.56. The molecule has 1 fully saturated rings. The van der Waals surface area contributed by atoms with Crippen LogP contribution in [-0.4, -0.2) is 13.0 Å². The molecule has 2 aromatic rings. The molecule has 1 amide bonds. The first-order valence-electron chi connectivity index (χ1n) is 7.31. The Morgan fingerprint density at radius 3 is 2.71 bits per heavy atom. The molecule has 2 N–H and O–H groups in total. The lowest BCUT2D eigenvalue weighted by Gasteiger charge is -2.20. The number of anilines is 1. The van der Waals surface area contributed by atoms with E-state index in [9.17, 15) is 4.79 Å². The van der Waals surface area contributed by atoms with Crippen LogP contribution in [0.5, 0.6) is 0 Å². The van der Waals surface area contributed by atoms with Crippen LogP contribution in [-0.2, 0) is 0 Å². The molecule has 1 atom stereocenters. The van der Waals surface area contributed by atoms with E-state index < -0.39 is 0 Å². The first-order valence-corrected chi connectivity index (χ1v) is 8.19. The maximum absolute atomic E-state index is 11.7. The smallest absolute Gasteiger partial charge is 0.251 e. The Balaban J connectivity index is 1.82. The molecule has 3 rings (SSSR count). The van der Waals surface area contributed by atoms with Gasteiger partial charge in [-0.15, -0.1) is 11.3 Å². The van der Waals surface area contributed by atoms with Crippen LogP contribution < -0.4 is 10.6 Å². The molecule has 4 heteroatoms. The fraction of sp³-hybridized carbons (Fsp3) is 0.353. The third kappa shape index (κ3) is 3.10. The summed E-state index contributed by atoms with van der Waals surface area (Å²) in [5.41, 5.74) is 2.94. The van der Waals surface area contributed by atoms with Crippen LogP contribution in [0.3, 0.4) is 0 Å². The lowest BCUT2D eigenvalue weighted by atomic mass is 10.1. The van der Waals surface area contributed by atoms with Crippen molar-refractivity contribution in [2.45, 2.75) is 25.8 Å². The van der Waals surface area contributed by atoms with Crippen molar-refractivity contribution in [2.75, 3.05) is 12.4 Å². The van der Waals surface area contributed by atoms with E-state index in [1.807, 2.05) is 36.5 Å². The summed E-state index contributed by atoms with van der Waals surface area (Å²) in [6.45, 7) is 2.05. The molecule has 1 heterocycles. The molecule has 1 aromatic heterocycles. The SMILES string of the molecule is CNC(=O)c1ccc(NC(c2cccs2)C2CC2)c(C)c1. The lowest BCUT2D eigenvalue weighted by molar-refractivity contribution is 0.0963. The van der Waals surface area contributed by atoms with E-state index in [4.69, 9.17) is 0 Å². The second kappa shape index (κ2) is 5.90. The quantitative estimate of drug-likeness (QED) is 0.877. The van der Waals surface area contributed by atoms with E-state index in [0.29, 0.717) is 11.6 Å². The number of benzene rings is 1. The van der Waals surface area contributed by atoms with Crippen LogP contribution in [0.4, 0.5) is 5.69 Å². The van der Waals surface area contributed by atoms with E-state index in [-0.39, 0.29) is 5.91 Å². The average molecular weight is 300 g/mol. The number of nitrogens with one attached hydrogen (secondary N) is 2. The molecule has 0 spiro atoms. The van der Waals surface area contributed by atoms with Gasteiger partial charge in [-0.25, -0.2) is 0 Å². The van der Waals surface area contributed by atoms with Gasteiger partial charge in [0.15, 0.2) is 0 Å². The summed E-state index contributed by atoms with van der Waals surface area (Å²) in [6, 6.07) is 10.6. The Hall–Kier alpha value is -1.81. The van der Waals surface area contributed by atoms with E-state index in [1.165, 1.54) is 17.7 Å². The van der Waals surface area contributed by atoms with Crippen molar-refractivity contribution in [3.05, 3.63) is 51.7 Å². The molecule has 1 aromatic carbocycles. The summed E-state index contributed by atoms with van der Waals surface area (Å²) in [6.07, 6.45) is 2.59. The van der Waals surface area contributed by atoms with Crippen LogP contribution in [0.25, 0.3) is 0 Å². The number of carbonyl (C=O) groups excluding carboxylic acids is 1. The molecule has 110 valence electrons. The summed E-state index contributed by atoms with van der Waals surface area (Å²) in [5, 5.41) is 8.47. The highest BCUT2D eigenvalue weighted by Gasteiger charge is 2.33. The van der Waals surface area contributed by atoms with Crippen molar-refractivity contribution >= 4 is 22.9 Å². The van der Waals surface area contributed by atoms with Crippen molar-refractivity contribution in [3.8, 4) is 0 Å². The zero-order valence-electron chi connectivity index (χ0n) is 12.3. The minimum absolute atomic E-state index is 0.0401. The molecule has 21 heavy (non-hydrogen) atoms. The molecule has 1 unspecified atom stereocenters. The number of hydrogen-bond donors (Lipinski definition) is 2. The summed E-state index contributed by atoms with van der Waals surface area (Å²) in [7, 11) is 1.66. The molecular weight excluding hydrogens is 280 g/mol. The zero-order chi connectivity index (χ0) is 14.8. The van der Waals surface area contributed by atoms with Gasteiger partial charge in [0.2, 0.25) is 0 Å². The third-order valence-electron chi connectivity index (χ3n) is 3.97. The first kappa shape index (κ1) is 14.1. The highest BCUT2D eigenvalue weighted by molar-refractivity contribution is 7.10. The van der Waals surface area contributed by atoms with Crippen LogP contribution in [0.1, 0.15) is 39.7 Å². The van der Waals surface area contributed by atoms with Gasteiger partial charge in [0.1, 0.15) is 0 Å². The summed E-state index contributed by atoms with van der Waals surface area (Å²) in [5.74, 6) is 0.698. The van der Waals surface area contributed by atoms with Gasteiger partial charge in [-0.3, -0.25) is 4.79 Å². The Morgan fingerprint density at radius 2 is 2.14 bits per heavy atom. The molecule has 0 bridgehead atoms. The van der Waals surface area contributed by atoms with Crippen LogP contribution in [0, 0.1) is 12.8 Å². The summed E-state index contributed by atoms with van der Waals surface area (Å²) in [4.78, 5) is 13.1. The van der Waals surface area contributed by atoms with Crippen LogP contribution in [0.2, 0.25) is 0 Å². The van der Waals surface area contributed by atoms with Crippen LogP contribution in [0.15, 0.2) is 35.7 Å². The molecule has 0 radical (unpaired) electrons. The van der Waals surface area contributed by atoms with E-state index in [2.05, 4.69) is 28.1 Å². The molecule has 1 aliphatic rings. The monoisotopic (exact) mass is 300 g/mol. The summed E-state index contributed by atoms with van der Waals surface area (Å²) < 4.78 is 0. The van der Waals surface area contributed by atoms with Gasteiger partial charge in [0.25, 0.3) is 5.91 Å². The fourth-order valence-corrected chi connectivity index (χ4v) is 3.47. The van der Waals surface area contributed by atoms with E-state index in [1.54, 1.807) is 7.05 Å². The first-order chi connectivity index (χ1) is 10.2. The van der Waals surface area contributed by atoms with Crippen molar-refractivity contribution < 1.29 is 4.79 Å². The van der Waals surface area contributed by atoms with Gasteiger partial charge in [0, 0.05) is 23.2 Å². The predicted molar refractivity (Wildman–Crippen MR) is 88.0 cm³/mol. The molecule has 0 aliphatic heterocycles. The number of hydrogen-bond acceptors (Lipinski definition) is 3. The third-order valence-corrected chi connectivity index (χ3v) is 4.93. The van der Waals surface area contributed by atoms with Crippen molar-refractivity contribution in [2.24, 2.45) is 5.92 Å². The zero-order valence-corrected chi connectivity index (χ0v) is 13.2. The maximum atomic E-state index is 11.7. The minimum Gasteiger partial charge on any atom is -0.377 e. The predicted octanol–water partition coefficient (Wildman–Crippen LogP) is 3.98. The molecular formula is C17H20N2OS. The Morgan fingerprint density at radius 1 is 1.33 bits per heavy atom. The Kier molecular flexibility index (Phi) is 3.97. The Labute approximate surface area is 129 Å². The molecule has 1 aliphatic carbocycles. The standard InChI is InChI=1S/C17H20N2OS/c1-11-10-13(17(20)18-2)7-8-14(11)19-16(12-5-6-12)15-4-3-9-21-15/h3-4,7-10,12,16,19H,5-6H2,1-2H3,(H,18,20). The highest BCUT2D eigenvalue weighted by Crippen LogP contribution is 2.44. The average Bonchev–Trinajstić information content (AvgIpc) is 3.19. The minimum atomic E-state index is -0.0401. The van der Waals surface area contributed by atoms with Gasteiger partial charge >= 0.3 is 0 Å². The van der Waals surface area contributed by atoms with Gasteiger partial charge in [-0.1, -0.05) is 6.07 Å². The van der Waals surface area contributed by atoms with Gasteiger partial charge in [-0.2, -0.15) is 0 Å². The topological polar surface area (TPSA) is 41.1 Å². The normalized spacial score (nSPS) is 15.5. The lowest BCUT2D eigenvalue weighted by Crippen LogP contribution is -2.18. The molecule has 0 saturated heterocycles. The summed E-state index contributed by atoms with van der Waals surface area (Å²) >= 11 is 1.81. The van der Waals surface area contributed by atoms with Crippen molar-refractivity contribution in [1.29, 1.82) is 0 Å². The number of amides is 1. The van der Waals surface area contributed by atoms with E-state index >= 15 is 0 Å². The number of thiophene rings is 1. The molecule has 1 saturated carbocycles. The van der Waals surface area contributed by atoms with Gasteiger partial charge in [-0.05, 0) is 60.9 Å². The van der Waals surface area contributed by atoms with Crippen LogP contribution >= 0.6 is 11.3 Å². The van der Waals surface area contributed by atoms with Crippen molar-refractivity contribution in [1.82, 2.24) is 5.32 Å². The van der Waals surface area contributed by atoms with E-state index in [0.717, 1.165) is 17.2 Å². The highest BCUT2D eigenvalue weighted by atomic mass is 32.1. The maximum Gasteiger partial charge on any atom is 0.251 e. The van der Waals surface area contributed by atoms with Gasteiger partial charge < -0.3 is 10.6 Å². The van der Waals surface area contributed by atoms with Crippen molar-refractivity contribution in [3.63, 3.8) is 0 Å². The Bertz CT molecular complexity index is 632. The number of aryl methyl sites for hydroxylation is 1. The van der Waals surface area contributed by atoms with Gasteiger partial charge in [0.05, 0.1) is 6.04 Å². The fourth-order valence-electron chi connectivity index (χ4n) is 2.60. The second-order valence-electron chi connectivity index (χ2n) is 5.58. The number of carbonyl (C=O) groups is 1. The largest absolute Gasteiger partial charge is 0.377 e. The number of rotatable bonds is 5.